The van der Waals surface area contributed by atoms with E-state index < -0.39 is 6.04 Å². The minimum Gasteiger partial charge on any atom is -0.304 e. The molecular formula is C11H14N2O2. The summed E-state index contributed by atoms with van der Waals surface area (Å²) in [5.41, 5.74) is 1.01. The minimum atomic E-state index is -0.485. The van der Waals surface area contributed by atoms with E-state index in [1.54, 1.807) is 0 Å². The molecule has 1 saturated heterocycles. The lowest BCUT2D eigenvalue weighted by Gasteiger charge is -2.26. The van der Waals surface area contributed by atoms with Gasteiger partial charge in [-0.1, -0.05) is 30.3 Å². The predicted molar refractivity (Wildman–Crippen MR) is 57.2 cm³/mol. The Kier molecular flexibility index (Phi) is 2.97. The van der Waals surface area contributed by atoms with Gasteiger partial charge in [0.05, 0.1) is 0 Å². The molecule has 4 heteroatoms. The average Bonchev–Trinajstić information content (AvgIpc) is 2.30. The molecular weight excluding hydrogens is 192 g/mol. The first-order chi connectivity index (χ1) is 7.29. The van der Waals surface area contributed by atoms with Crippen LogP contribution in [-0.2, 0) is 0 Å². The number of nitrogens with one attached hydrogen (secondary N) is 1. The Balaban J connectivity index is 2.22. The van der Waals surface area contributed by atoms with Crippen LogP contribution in [-0.4, -0.2) is 17.5 Å². The highest BCUT2D eigenvalue weighted by atomic mass is 16.6. The smallest absolute Gasteiger partial charge is 0.232 e. The molecule has 1 aliphatic rings. The number of nitrogens with zero attached hydrogens (tertiary/aromatic N) is 1. The topological polar surface area (TPSA) is 55.2 Å². The average molecular weight is 206 g/mol. The molecule has 0 spiro atoms. The first-order valence-corrected chi connectivity index (χ1v) is 5.21. The van der Waals surface area contributed by atoms with E-state index in [2.05, 4.69) is 5.32 Å². The lowest BCUT2D eigenvalue weighted by atomic mass is 9.93. The SMILES string of the molecule is O=[N+]([O-])C1CCCN[C@@H]1c1ccccc1. The summed E-state index contributed by atoms with van der Waals surface area (Å²) in [6.07, 6.45) is 1.55. The largest absolute Gasteiger partial charge is 0.304 e. The highest BCUT2D eigenvalue weighted by Crippen LogP contribution is 2.25. The van der Waals surface area contributed by atoms with E-state index in [0.717, 1.165) is 18.5 Å². The Bertz CT molecular complexity index is 340. The summed E-state index contributed by atoms with van der Waals surface area (Å²) in [5.74, 6) is 0. The van der Waals surface area contributed by atoms with E-state index in [1.165, 1.54) is 0 Å². The number of rotatable bonds is 2. The maximum absolute atomic E-state index is 10.9. The number of hydrogen-bond acceptors (Lipinski definition) is 3. The zero-order chi connectivity index (χ0) is 10.7. The van der Waals surface area contributed by atoms with E-state index in [9.17, 15) is 10.1 Å². The van der Waals surface area contributed by atoms with E-state index in [0.29, 0.717) is 6.42 Å². The van der Waals surface area contributed by atoms with Crippen LogP contribution in [0.4, 0.5) is 0 Å². The highest BCUT2D eigenvalue weighted by Gasteiger charge is 2.34. The summed E-state index contributed by atoms with van der Waals surface area (Å²) in [5, 5.41) is 14.1. The molecule has 0 aliphatic carbocycles. The summed E-state index contributed by atoms with van der Waals surface area (Å²) in [6, 6.07) is 9.04. The Morgan fingerprint density at radius 2 is 2.07 bits per heavy atom. The summed E-state index contributed by atoms with van der Waals surface area (Å²) < 4.78 is 0. The normalized spacial score (nSPS) is 26.1. The van der Waals surface area contributed by atoms with Crippen LogP contribution in [0.2, 0.25) is 0 Å². The van der Waals surface area contributed by atoms with Crippen LogP contribution in [0.1, 0.15) is 24.4 Å². The van der Waals surface area contributed by atoms with Crippen molar-refractivity contribution in [2.45, 2.75) is 24.9 Å². The molecule has 0 bridgehead atoms. The summed E-state index contributed by atoms with van der Waals surface area (Å²) >= 11 is 0. The van der Waals surface area contributed by atoms with Crippen molar-refractivity contribution in [1.29, 1.82) is 0 Å². The minimum absolute atomic E-state index is 0.130. The molecule has 1 aromatic carbocycles. The highest BCUT2D eigenvalue weighted by molar-refractivity contribution is 5.20. The lowest BCUT2D eigenvalue weighted by Crippen LogP contribution is -2.41. The van der Waals surface area contributed by atoms with Crippen molar-refractivity contribution in [3.05, 3.63) is 46.0 Å². The van der Waals surface area contributed by atoms with Gasteiger partial charge in [0, 0.05) is 11.3 Å². The van der Waals surface area contributed by atoms with Crippen molar-refractivity contribution in [3.63, 3.8) is 0 Å². The molecule has 1 aliphatic heterocycles. The van der Waals surface area contributed by atoms with Crippen LogP contribution in [0.3, 0.4) is 0 Å². The molecule has 0 amide bonds. The molecule has 1 N–H and O–H groups in total. The van der Waals surface area contributed by atoms with Gasteiger partial charge in [-0.05, 0) is 18.5 Å². The molecule has 2 atom stereocenters. The first-order valence-electron chi connectivity index (χ1n) is 5.21. The third-order valence-electron chi connectivity index (χ3n) is 2.86. The van der Waals surface area contributed by atoms with Gasteiger partial charge in [-0.25, -0.2) is 0 Å². The molecule has 80 valence electrons. The second-order valence-corrected chi connectivity index (χ2v) is 3.84. The number of hydrogen-bond donors (Lipinski definition) is 1. The van der Waals surface area contributed by atoms with E-state index in [-0.39, 0.29) is 11.0 Å². The van der Waals surface area contributed by atoms with Crippen LogP contribution >= 0.6 is 0 Å². The predicted octanol–water partition coefficient (Wildman–Crippen LogP) is 1.76. The fraction of sp³-hybridized carbons (Fsp3) is 0.455. The first kappa shape index (κ1) is 10.1. The quantitative estimate of drug-likeness (QED) is 0.592. The van der Waals surface area contributed by atoms with Crippen molar-refractivity contribution in [1.82, 2.24) is 5.32 Å². The maximum Gasteiger partial charge on any atom is 0.232 e. The zero-order valence-electron chi connectivity index (χ0n) is 8.43. The van der Waals surface area contributed by atoms with E-state index in [4.69, 9.17) is 0 Å². The third-order valence-corrected chi connectivity index (χ3v) is 2.86. The van der Waals surface area contributed by atoms with Gasteiger partial charge >= 0.3 is 0 Å². The van der Waals surface area contributed by atoms with Gasteiger partial charge in [0.1, 0.15) is 6.04 Å². The van der Waals surface area contributed by atoms with Crippen molar-refractivity contribution < 1.29 is 4.92 Å². The van der Waals surface area contributed by atoms with Crippen LogP contribution in [0.25, 0.3) is 0 Å². The van der Waals surface area contributed by atoms with Crippen LogP contribution in [0.15, 0.2) is 30.3 Å². The van der Waals surface area contributed by atoms with Gasteiger partial charge in [-0.3, -0.25) is 10.1 Å². The second kappa shape index (κ2) is 4.40. The van der Waals surface area contributed by atoms with Crippen LogP contribution in [0.5, 0.6) is 0 Å². The molecule has 2 rings (SSSR count). The fourth-order valence-electron chi connectivity index (χ4n) is 2.10. The molecule has 0 saturated carbocycles. The molecule has 4 nitrogen and oxygen atoms in total. The molecule has 1 unspecified atom stereocenters. The van der Waals surface area contributed by atoms with Gasteiger partial charge in [-0.2, -0.15) is 0 Å². The Labute approximate surface area is 88.5 Å². The van der Waals surface area contributed by atoms with Crippen molar-refractivity contribution in [2.75, 3.05) is 6.54 Å². The van der Waals surface area contributed by atoms with Crippen molar-refractivity contribution >= 4 is 0 Å². The number of piperidine rings is 1. The Hall–Kier alpha value is -1.42. The summed E-state index contributed by atoms with van der Waals surface area (Å²) in [7, 11) is 0. The number of benzene rings is 1. The number of nitro groups is 1. The molecule has 1 heterocycles. The molecule has 1 fully saturated rings. The van der Waals surface area contributed by atoms with Gasteiger partial charge in [0.15, 0.2) is 0 Å². The van der Waals surface area contributed by atoms with Crippen LogP contribution < -0.4 is 5.32 Å². The van der Waals surface area contributed by atoms with E-state index in [1.807, 2.05) is 30.3 Å². The summed E-state index contributed by atoms with van der Waals surface area (Å²) in [4.78, 5) is 10.7. The molecule has 1 aromatic rings. The Morgan fingerprint density at radius 3 is 2.73 bits per heavy atom. The van der Waals surface area contributed by atoms with Gasteiger partial charge in [0.2, 0.25) is 6.04 Å². The van der Waals surface area contributed by atoms with E-state index >= 15 is 0 Å². The van der Waals surface area contributed by atoms with Gasteiger partial charge in [-0.15, -0.1) is 0 Å². The van der Waals surface area contributed by atoms with Gasteiger partial charge in [0.25, 0.3) is 0 Å². The Morgan fingerprint density at radius 1 is 1.33 bits per heavy atom. The molecule has 15 heavy (non-hydrogen) atoms. The monoisotopic (exact) mass is 206 g/mol. The molecule has 0 aromatic heterocycles. The zero-order valence-corrected chi connectivity index (χ0v) is 8.43. The third kappa shape index (κ3) is 2.15. The van der Waals surface area contributed by atoms with Crippen LogP contribution in [0, 0.1) is 10.1 Å². The fourth-order valence-corrected chi connectivity index (χ4v) is 2.10. The second-order valence-electron chi connectivity index (χ2n) is 3.84. The lowest BCUT2D eigenvalue weighted by molar-refractivity contribution is -0.531. The molecule has 0 radical (unpaired) electrons. The van der Waals surface area contributed by atoms with Crippen molar-refractivity contribution in [3.8, 4) is 0 Å². The standard InChI is InChI=1S/C11H14N2O2/c14-13(15)10-7-4-8-12-11(10)9-5-2-1-3-6-9/h1-3,5-6,10-12H,4,7-8H2/t10?,11-/m1/s1. The summed E-state index contributed by atoms with van der Waals surface area (Å²) in [6.45, 7) is 0.865. The van der Waals surface area contributed by atoms with Gasteiger partial charge < -0.3 is 5.32 Å². The van der Waals surface area contributed by atoms with Crippen molar-refractivity contribution in [2.24, 2.45) is 0 Å². The maximum atomic E-state index is 10.9.